The van der Waals surface area contributed by atoms with Crippen molar-refractivity contribution in [3.8, 4) is 0 Å². The second-order valence-electron chi connectivity index (χ2n) is 10.3. The first-order chi connectivity index (χ1) is 21.6. The van der Waals surface area contributed by atoms with Crippen LogP contribution in [0.1, 0.15) is 17.2 Å². The Balaban J connectivity index is 0.000000284. The minimum Gasteiger partial charge on any atom is -0.756 e. The predicted octanol–water partition coefficient (Wildman–Crippen LogP) is -2.21. The second-order valence-corrected chi connectivity index (χ2v) is 14.4. The Hall–Kier alpha value is -2.15. The number of nitrogens with zero attached hydrogens (tertiary/aromatic N) is 4. The SMILES string of the molecule is Nc1ccn([C@@H]2S[C@H](CO)[C@@H](O)[C@@H]2F)c(=O)n1.[B][C@H]1C[C@H](OP(=O)([O-])OC[C@H]2S[C@@H](n3ccc(N)nc3=O)[C@@H](F)[C@@H]2O)[C@@H](CO)O1.[NH4+]. The molecule has 18 nitrogen and oxygen atoms in total. The molecule has 3 aliphatic heterocycles. The number of nitrogens with two attached hydrogens (primary N) is 2. The molecule has 2 aromatic rings. The van der Waals surface area contributed by atoms with Crippen molar-refractivity contribution >= 4 is 50.8 Å². The molecular weight excluding hydrogens is 694 g/mol. The molecule has 0 bridgehead atoms. The molecule has 1 unspecified atom stereocenters. The van der Waals surface area contributed by atoms with Gasteiger partial charge in [0, 0.05) is 18.4 Å². The molecule has 3 fully saturated rings. The van der Waals surface area contributed by atoms with Gasteiger partial charge in [-0.2, -0.15) is 9.97 Å². The number of hydrogen-bond donors (Lipinski definition) is 7. The van der Waals surface area contributed by atoms with E-state index in [1.165, 1.54) is 24.5 Å². The first-order valence-corrected chi connectivity index (χ1v) is 16.9. The normalized spacial score (nSPS) is 34.7. The molecule has 47 heavy (non-hydrogen) atoms. The van der Waals surface area contributed by atoms with E-state index in [-0.39, 0.29) is 30.8 Å². The van der Waals surface area contributed by atoms with Crippen LogP contribution in [-0.4, -0.2) is 120 Å². The molecule has 12 N–H and O–H groups in total. The first-order valence-electron chi connectivity index (χ1n) is 13.6. The zero-order valence-electron chi connectivity index (χ0n) is 24.7. The summed E-state index contributed by atoms with van der Waals surface area (Å²) in [6.45, 7) is -1.44. The topological polar surface area (TPSA) is 307 Å². The van der Waals surface area contributed by atoms with Crippen LogP contribution >= 0.6 is 31.3 Å². The van der Waals surface area contributed by atoms with Crippen LogP contribution < -0.4 is 33.9 Å². The number of alkyl halides is 2. The summed E-state index contributed by atoms with van der Waals surface area (Å²) in [5.41, 5.74) is 9.26. The largest absolute Gasteiger partial charge is 0.756 e. The van der Waals surface area contributed by atoms with Gasteiger partial charge in [0.25, 0.3) is 7.82 Å². The maximum Gasteiger partial charge on any atom is 0.350 e. The summed E-state index contributed by atoms with van der Waals surface area (Å²) in [6, 6.07) is 1.90. The molecule has 3 aliphatic rings. The van der Waals surface area contributed by atoms with E-state index in [2.05, 4.69) is 9.97 Å². The number of hydrogen-bond acceptors (Lipinski definition) is 17. The zero-order chi connectivity index (χ0) is 33.9. The highest BCUT2D eigenvalue weighted by Crippen LogP contribution is 2.48. The quantitative estimate of drug-likeness (QED) is 0.106. The summed E-state index contributed by atoms with van der Waals surface area (Å²) < 4.78 is 57.2. The summed E-state index contributed by atoms with van der Waals surface area (Å²) >= 11 is 1.83. The number of phosphoric ester groups is 1. The minimum absolute atomic E-state index is 0. The Bertz CT molecular complexity index is 1520. The van der Waals surface area contributed by atoms with Crippen molar-refractivity contribution in [2.24, 2.45) is 0 Å². The van der Waals surface area contributed by atoms with E-state index >= 15 is 0 Å². The summed E-state index contributed by atoms with van der Waals surface area (Å²) in [4.78, 5) is 42.5. The van der Waals surface area contributed by atoms with Gasteiger partial charge in [-0.05, 0) is 18.6 Å². The first kappa shape index (κ1) is 39.3. The Labute approximate surface area is 275 Å². The van der Waals surface area contributed by atoms with Gasteiger partial charge >= 0.3 is 11.4 Å². The van der Waals surface area contributed by atoms with E-state index in [0.29, 0.717) is 0 Å². The average Bonchev–Trinajstić information content (AvgIpc) is 3.59. The number of halogens is 2. The summed E-state index contributed by atoms with van der Waals surface area (Å²) in [7, 11) is 0.678. The highest BCUT2D eigenvalue weighted by atomic mass is 32.2. The lowest BCUT2D eigenvalue weighted by atomic mass is 9.96. The number of aromatic nitrogens is 4. The number of anilines is 2. The van der Waals surface area contributed by atoms with Crippen LogP contribution in [-0.2, 0) is 18.3 Å². The summed E-state index contributed by atoms with van der Waals surface area (Å²) in [5.74, 6) is 0.0234. The van der Waals surface area contributed by atoms with Gasteiger partial charge in [0.15, 0.2) is 12.3 Å². The molecule has 0 aliphatic carbocycles. The maximum absolute atomic E-state index is 14.5. The molecule has 5 rings (SSSR count). The lowest BCUT2D eigenvalue weighted by molar-refractivity contribution is -0.231. The van der Waals surface area contributed by atoms with E-state index < -0.39 is 96.4 Å². The van der Waals surface area contributed by atoms with Gasteiger partial charge in [0.2, 0.25) is 0 Å². The number of rotatable bonds is 9. The highest BCUT2D eigenvalue weighted by molar-refractivity contribution is 8.00. The standard InChI is InChI=1S/C14H20BFN3O8PS.C9H12FN3O3S.H3N/c15-9-3-6(7(4-20)26-9)27-28(23,24)25-5-8-12(21)11(16)13(29-8)19-2-1-10(17)18-14(19)22;10-6-7(15)4(3-14)17-8(6)13-2-1-5(11)12-9(13)16;/h1-2,6-9,11-13,20-21H,3-5H2,(H,23,24)(H2,17,18,22);1-2,4,6-8,14-15H,3H2,(H2,11,12,16);1H3/t6-,7+,8+,9+,11-,12+,13+;4-,6+,7-,8-;/m01./s1. The van der Waals surface area contributed by atoms with Gasteiger partial charge in [-0.1, -0.05) is 0 Å². The van der Waals surface area contributed by atoms with Crippen molar-refractivity contribution in [3.05, 3.63) is 45.5 Å². The Morgan fingerprint density at radius 3 is 1.94 bits per heavy atom. The average molecular weight is 729 g/mol. The van der Waals surface area contributed by atoms with E-state index in [1.807, 2.05) is 0 Å². The molecule has 5 heterocycles. The van der Waals surface area contributed by atoms with Crippen LogP contribution in [0.15, 0.2) is 34.1 Å². The molecule has 0 aromatic carbocycles. The lowest BCUT2D eigenvalue weighted by Gasteiger charge is -2.29. The predicted molar refractivity (Wildman–Crippen MR) is 166 cm³/mol. The fraction of sp³-hybridized carbons (Fsp3) is 0.652. The molecule has 0 amide bonds. The lowest BCUT2D eigenvalue weighted by Crippen LogP contribution is -2.34. The number of quaternary nitrogens is 1. The van der Waals surface area contributed by atoms with Crippen LogP contribution in [0.2, 0.25) is 0 Å². The van der Waals surface area contributed by atoms with Crippen molar-refractivity contribution in [1.82, 2.24) is 25.3 Å². The number of aliphatic hydroxyl groups excluding tert-OH is 4. The molecule has 12 atom stereocenters. The second kappa shape index (κ2) is 16.5. The molecule has 0 spiro atoms. The third-order valence-corrected chi connectivity index (χ3v) is 11.2. The molecule has 262 valence electrons. The fourth-order valence-electron chi connectivity index (χ4n) is 4.76. The minimum atomic E-state index is -4.87. The summed E-state index contributed by atoms with van der Waals surface area (Å²) in [5, 5.41) is 34.1. The Kier molecular flexibility index (Phi) is 13.8. The Morgan fingerprint density at radius 2 is 1.49 bits per heavy atom. The van der Waals surface area contributed by atoms with Gasteiger partial charge in [-0.3, -0.25) is 13.7 Å². The van der Waals surface area contributed by atoms with Crippen LogP contribution in [0, 0.1) is 0 Å². The number of phosphoric acid groups is 1. The number of aliphatic hydroxyl groups is 4. The van der Waals surface area contributed by atoms with Gasteiger partial charge < -0.3 is 56.7 Å². The van der Waals surface area contributed by atoms with Crippen molar-refractivity contribution in [1.29, 1.82) is 0 Å². The van der Waals surface area contributed by atoms with E-state index in [9.17, 15) is 43.1 Å². The smallest absolute Gasteiger partial charge is 0.350 e. The van der Waals surface area contributed by atoms with Gasteiger partial charge in [-0.15, -0.1) is 23.5 Å². The van der Waals surface area contributed by atoms with E-state index in [1.54, 1.807) is 0 Å². The number of ether oxygens (including phenoxy) is 1. The zero-order valence-corrected chi connectivity index (χ0v) is 27.2. The molecule has 0 saturated carbocycles. The van der Waals surface area contributed by atoms with Crippen molar-refractivity contribution < 1.29 is 52.4 Å². The summed E-state index contributed by atoms with van der Waals surface area (Å²) in [6.07, 6.45) is -5.73. The van der Waals surface area contributed by atoms with Gasteiger partial charge in [0.1, 0.15) is 48.5 Å². The molecular formula is C23H35BF2N7O11PS2. The van der Waals surface area contributed by atoms with Crippen LogP contribution in [0.4, 0.5) is 20.4 Å². The third-order valence-electron chi connectivity index (χ3n) is 7.09. The third kappa shape index (κ3) is 9.31. The Morgan fingerprint density at radius 1 is 1.00 bits per heavy atom. The van der Waals surface area contributed by atoms with Gasteiger partial charge in [0.05, 0.1) is 36.4 Å². The van der Waals surface area contributed by atoms with E-state index in [0.717, 1.165) is 32.7 Å². The van der Waals surface area contributed by atoms with Crippen molar-refractivity contribution in [2.75, 3.05) is 31.3 Å². The number of nitrogen functional groups attached to an aromatic ring is 2. The van der Waals surface area contributed by atoms with Crippen LogP contribution in [0.25, 0.3) is 0 Å². The van der Waals surface area contributed by atoms with Crippen LogP contribution in [0.3, 0.4) is 0 Å². The van der Waals surface area contributed by atoms with Crippen molar-refractivity contribution in [3.63, 3.8) is 0 Å². The van der Waals surface area contributed by atoms with Crippen LogP contribution in [0.5, 0.6) is 0 Å². The monoisotopic (exact) mass is 729 g/mol. The molecule has 24 heteroatoms. The maximum atomic E-state index is 14.5. The van der Waals surface area contributed by atoms with Crippen molar-refractivity contribution in [2.45, 2.75) is 70.4 Å². The van der Waals surface area contributed by atoms with Gasteiger partial charge in [-0.25, -0.2) is 18.4 Å². The number of thioether (sulfide) groups is 2. The molecule has 3 saturated heterocycles. The molecule has 2 radical (unpaired) electrons. The molecule has 2 aromatic heterocycles. The fourth-order valence-corrected chi connectivity index (χ4v) is 8.60. The van der Waals surface area contributed by atoms with E-state index in [4.69, 9.17) is 38.2 Å². The highest BCUT2D eigenvalue weighted by Gasteiger charge is 2.46.